The summed E-state index contributed by atoms with van der Waals surface area (Å²) in [6, 6.07) is 6.84. The zero-order chi connectivity index (χ0) is 21.2. The van der Waals surface area contributed by atoms with Crippen molar-refractivity contribution in [1.29, 1.82) is 0 Å². The molecule has 29 heavy (non-hydrogen) atoms. The molecule has 2 rings (SSSR count). The summed E-state index contributed by atoms with van der Waals surface area (Å²) in [5, 5.41) is 4.29. The summed E-state index contributed by atoms with van der Waals surface area (Å²) in [5.41, 5.74) is 7.91. The molecule has 0 fully saturated rings. The van der Waals surface area contributed by atoms with Gasteiger partial charge < -0.3 is 4.74 Å². The number of benzene rings is 1. The van der Waals surface area contributed by atoms with Crippen molar-refractivity contribution < 1.29 is 14.3 Å². The van der Waals surface area contributed by atoms with Crippen LogP contribution in [-0.4, -0.2) is 28.2 Å². The van der Waals surface area contributed by atoms with E-state index in [1.54, 1.807) is 35.0 Å². The lowest BCUT2D eigenvalue weighted by Gasteiger charge is -2.08. The number of amides is 2. The molecule has 0 aliphatic carbocycles. The summed E-state index contributed by atoms with van der Waals surface area (Å²) < 4.78 is 7.42. The fraction of sp³-hybridized carbons (Fsp3) is 0.409. The van der Waals surface area contributed by atoms with Crippen LogP contribution < -0.4 is 15.6 Å². The average molecular weight is 399 g/mol. The van der Waals surface area contributed by atoms with Crippen LogP contribution >= 0.6 is 0 Å². The van der Waals surface area contributed by atoms with Gasteiger partial charge in [0.2, 0.25) is 0 Å². The number of ether oxygens (including phenoxy) is 1. The lowest BCUT2D eigenvalue weighted by molar-refractivity contribution is -0.117. The number of aryl methyl sites for hydroxylation is 2. The number of hydrogen-bond acceptors (Lipinski definition) is 4. The summed E-state index contributed by atoms with van der Waals surface area (Å²) in [4.78, 5) is 24.1. The standard InChI is InChI=1S/C22H30N4O3/c1-5-6-7-8-15-29-19-11-9-18(10-12-19)22(28)24-23-21(27)14-13-20-16(2)25-26(4)17(20)3/h9-14H,5-8,15H2,1-4H3,(H,23,27)(H,24,28)/b14-13+. The Balaban J connectivity index is 1.79. The molecule has 0 radical (unpaired) electrons. The van der Waals surface area contributed by atoms with Crippen molar-refractivity contribution >= 4 is 17.9 Å². The third kappa shape index (κ3) is 6.78. The minimum atomic E-state index is -0.423. The maximum atomic E-state index is 12.2. The lowest BCUT2D eigenvalue weighted by atomic mass is 10.2. The van der Waals surface area contributed by atoms with Gasteiger partial charge in [0.25, 0.3) is 11.8 Å². The van der Waals surface area contributed by atoms with E-state index in [2.05, 4.69) is 22.9 Å². The first-order valence-corrected chi connectivity index (χ1v) is 9.93. The van der Waals surface area contributed by atoms with Crippen molar-refractivity contribution in [1.82, 2.24) is 20.6 Å². The van der Waals surface area contributed by atoms with E-state index in [0.717, 1.165) is 35.5 Å². The average Bonchev–Trinajstić information content (AvgIpc) is 2.96. The lowest BCUT2D eigenvalue weighted by Crippen LogP contribution is -2.40. The second kappa shape index (κ2) is 11.0. The molecule has 7 heteroatoms. The van der Waals surface area contributed by atoms with Crippen LogP contribution in [0, 0.1) is 13.8 Å². The van der Waals surface area contributed by atoms with Gasteiger partial charge in [0.1, 0.15) is 5.75 Å². The Hall–Kier alpha value is -3.09. The predicted octanol–water partition coefficient (Wildman–Crippen LogP) is 3.47. The number of nitrogens with one attached hydrogen (secondary N) is 2. The van der Waals surface area contributed by atoms with Crippen molar-refractivity contribution in [3.63, 3.8) is 0 Å². The highest BCUT2D eigenvalue weighted by Gasteiger charge is 2.08. The van der Waals surface area contributed by atoms with E-state index in [4.69, 9.17) is 4.74 Å². The van der Waals surface area contributed by atoms with Gasteiger partial charge in [-0.25, -0.2) is 0 Å². The van der Waals surface area contributed by atoms with Gasteiger partial charge in [-0.05, 0) is 50.6 Å². The summed E-state index contributed by atoms with van der Waals surface area (Å²) in [7, 11) is 1.85. The van der Waals surface area contributed by atoms with E-state index in [0.29, 0.717) is 12.2 Å². The molecule has 1 aromatic carbocycles. The van der Waals surface area contributed by atoms with Crippen LogP contribution in [0.5, 0.6) is 5.75 Å². The highest BCUT2D eigenvalue weighted by molar-refractivity contribution is 5.98. The highest BCUT2D eigenvalue weighted by atomic mass is 16.5. The van der Waals surface area contributed by atoms with Crippen molar-refractivity contribution in [2.75, 3.05) is 6.61 Å². The first-order chi connectivity index (χ1) is 13.9. The van der Waals surface area contributed by atoms with E-state index in [-0.39, 0.29) is 0 Å². The fourth-order valence-corrected chi connectivity index (χ4v) is 2.84. The van der Waals surface area contributed by atoms with Gasteiger partial charge in [0, 0.05) is 29.9 Å². The Bertz CT molecular complexity index is 854. The third-order valence-corrected chi connectivity index (χ3v) is 4.65. The Labute approximate surface area is 172 Å². The molecular weight excluding hydrogens is 368 g/mol. The van der Waals surface area contributed by atoms with Crippen LogP contribution in [0.3, 0.4) is 0 Å². The zero-order valence-electron chi connectivity index (χ0n) is 17.6. The molecule has 0 saturated carbocycles. The normalized spacial score (nSPS) is 10.9. The molecule has 1 aromatic heterocycles. The number of hydrazine groups is 1. The number of carbonyl (C=O) groups is 2. The quantitative estimate of drug-likeness (QED) is 0.385. The van der Waals surface area contributed by atoms with Gasteiger partial charge in [0.15, 0.2) is 0 Å². The topological polar surface area (TPSA) is 85.2 Å². The molecule has 1 heterocycles. The molecule has 0 saturated heterocycles. The molecule has 2 aromatic rings. The minimum absolute atomic E-state index is 0.394. The number of hydrogen-bond donors (Lipinski definition) is 2. The smallest absolute Gasteiger partial charge is 0.269 e. The maximum absolute atomic E-state index is 12.2. The Morgan fingerprint density at radius 1 is 1.10 bits per heavy atom. The molecule has 156 valence electrons. The Morgan fingerprint density at radius 3 is 2.45 bits per heavy atom. The minimum Gasteiger partial charge on any atom is -0.494 e. The monoisotopic (exact) mass is 398 g/mol. The SMILES string of the molecule is CCCCCCOc1ccc(C(=O)NNC(=O)/C=C/c2c(C)nn(C)c2C)cc1. The van der Waals surface area contributed by atoms with Gasteiger partial charge in [-0.3, -0.25) is 25.1 Å². The number of carbonyl (C=O) groups excluding carboxylic acids is 2. The molecule has 0 bridgehead atoms. The zero-order valence-corrected chi connectivity index (χ0v) is 17.6. The van der Waals surface area contributed by atoms with Crippen LogP contribution in [0.25, 0.3) is 6.08 Å². The molecule has 0 atom stereocenters. The predicted molar refractivity (Wildman–Crippen MR) is 113 cm³/mol. The molecule has 0 aliphatic rings. The molecule has 2 N–H and O–H groups in total. The van der Waals surface area contributed by atoms with E-state index in [9.17, 15) is 9.59 Å². The van der Waals surface area contributed by atoms with Crippen LogP contribution in [-0.2, 0) is 11.8 Å². The number of nitrogens with zero attached hydrogens (tertiary/aromatic N) is 2. The van der Waals surface area contributed by atoms with Gasteiger partial charge >= 0.3 is 0 Å². The number of unbranched alkanes of at least 4 members (excludes halogenated alkanes) is 3. The molecular formula is C22H30N4O3. The van der Waals surface area contributed by atoms with Gasteiger partial charge in [-0.2, -0.15) is 5.10 Å². The maximum Gasteiger partial charge on any atom is 0.269 e. The molecule has 0 spiro atoms. The van der Waals surface area contributed by atoms with Crippen molar-refractivity contribution in [2.24, 2.45) is 7.05 Å². The van der Waals surface area contributed by atoms with Gasteiger partial charge in [0.05, 0.1) is 12.3 Å². The molecule has 7 nitrogen and oxygen atoms in total. The van der Waals surface area contributed by atoms with Crippen molar-refractivity contribution in [3.8, 4) is 5.75 Å². The highest BCUT2D eigenvalue weighted by Crippen LogP contribution is 2.14. The van der Waals surface area contributed by atoms with Gasteiger partial charge in [-0.1, -0.05) is 26.2 Å². The first kappa shape index (κ1) is 22.2. The van der Waals surface area contributed by atoms with Crippen molar-refractivity contribution in [2.45, 2.75) is 46.5 Å². The van der Waals surface area contributed by atoms with Crippen LogP contribution in [0.1, 0.15) is 59.9 Å². The van der Waals surface area contributed by atoms with Crippen molar-refractivity contribution in [3.05, 3.63) is 52.9 Å². The number of aromatic nitrogens is 2. The summed E-state index contributed by atoms with van der Waals surface area (Å²) >= 11 is 0. The van der Waals surface area contributed by atoms with Crippen LogP contribution in [0.15, 0.2) is 30.3 Å². The second-order valence-electron chi connectivity index (χ2n) is 6.92. The second-order valence-corrected chi connectivity index (χ2v) is 6.92. The first-order valence-electron chi connectivity index (χ1n) is 9.93. The molecule has 2 amide bonds. The third-order valence-electron chi connectivity index (χ3n) is 4.65. The molecule has 0 unspecified atom stereocenters. The van der Waals surface area contributed by atoms with E-state index in [1.165, 1.54) is 18.9 Å². The Morgan fingerprint density at radius 2 is 1.83 bits per heavy atom. The largest absolute Gasteiger partial charge is 0.494 e. The summed E-state index contributed by atoms with van der Waals surface area (Å²) in [5.74, 6) is -0.0877. The Kier molecular flexibility index (Phi) is 8.45. The van der Waals surface area contributed by atoms with E-state index >= 15 is 0 Å². The van der Waals surface area contributed by atoms with E-state index in [1.807, 2.05) is 20.9 Å². The summed E-state index contributed by atoms with van der Waals surface area (Å²) in [6.07, 6.45) is 7.64. The number of rotatable bonds is 9. The van der Waals surface area contributed by atoms with Crippen LogP contribution in [0.4, 0.5) is 0 Å². The molecule has 0 aliphatic heterocycles. The fourth-order valence-electron chi connectivity index (χ4n) is 2.84. The van der Waals surface area contributed by atoms with Crippen LogP contribution in [0.2, 0.25) is 0 Å². The summed E-state index contributed by atoms with van der Waals surface area (Å²) in [6.45, 7) is 6.65. The van der Waals surface area contributed by atoms with Gasteiger partial charge in [-0.15, -0.1) is 0 Å². The van der Waals surface area contributed by atoms with E-state index < -0.39 is 11.8 Å².